The third-order valence-electron chi connectivity index (χ3n) is 3.04. The van der Waals surface area contributed by atoms with E-state index in [1.54, 1.807) is 11.3 Å². The monoisotopic (exact) mass is 352 g/mol. The highest BCUT2D eigenvalue weighted by molar-refractivity contribution is 9.11. The van der Waals surface area contributed by atoms with Crippen LogP contribution in [0, 0.1) is 6.92 Å². The molecule has 3 nitrogen and oxygen atoms in total. The molecule has 1 heterocycles. The van der Waals surface area contributed by atoms with Gasteiger partial charge in [0.15, 0.2) is 0 Å². The minimum absolute atomic E-state index is 0.0219. The van der Waals surface area contributed by atoms with Crippen LogP contribution in [-0.2, 0) is 6.42 Å². The number of hydrogen-bond acceptors (Lipinski definition) is 3. The Morgan fingerprint density at radius 3 is 2.70 bits per heavy atom. The summed E-state index contributed by atoms with van der Waals surface area (Å²) < 4.78 is 1.12. The van der Waals surface area contributed by atoms with Gasteiger partial charge in [-0.2, -0.15) is 0 Å². The maximum atomic E-state index is 12.1. The number of halogens is 1. The maximum Gasteiger partial charge on any atom is 0.251 e. The summed E-state index contributed by atoms with van der Waals surface area (Å²) >= 11 is 5.14. The van der Waals surface area contributed by atoms with Crippen molar-refractivity contribution in [1.82, 2.24) is 5.32 Å². The summed E-state index contributed by atoms with van der Waals surface area (Å²) in [6, 6.07) is 9.79. The Hall–Kier alpha value is -1.33. The first-order valence-corrected chi connectivity index (χ1v) is 8.02. The average molecular weight is 353 g/mol. The number of carbonyl (C=O) groups excluding carboxylic acids is 1. The molecule has 1 amide bonds. The van der Waals surface area contributed by atoms with Crippen molar-refractivity contribution in [2.75, 3.05) is 18.9 Å². The van der Waals surface area contributed by atoms with Gasteiger partial charge in [-0.1, -0.05) is 0 Å². The minimum Gasteiger partial charge on any atom is -0.388 e. The van der Waals surface area contributed by atoms with Crippen LogP contribution in [0.25, 0.3) is 0 Å². The van der Waals surface area contributed by atoms with Gasteiger partial charge in [0, 0.05) is 29.7 Å². The lowest BCUT2D eigenvalue weighted by Crippen LogP contribution is -2.25. The van der Waals surface area contributed by atoms with E-state index < -0.39 is 0 Å². The fourth-order valence-corrected chi connectivity index (χ4v) is 3.46. The molecule has 20 heavy (non-hydrogen) atoms. The molecule has 0 aliphatic rings. The highest BCUT2D eigenvalue weighted by Gasteiger charge is 2.07. The first-order chi connectivity index (χ1) is 9.60. The Bertz CT molecular complexity index is 610. The molecule has 0 spiro atoms. The van der Waals surface area contributed by atoms with Crippen LogP contribution in [0.1, 0.15) is 20.8 Å². The molecule has 2 rings (SSSR count). The Balaban J connectivity index is 1.90. The van der Waals surface area contributed by atoms with Gasteiger partial charge in [0.25, 0.3) is 5.91 Å². The molecule has 0 aliphatic carbocycles. The first-order valence-electron chi connectivity index (χ1n) is 6.41. The van der Waals surface area contributed by atoms with Gasteiger partial charge in [0.1, 0.15) is 0 Å². The number of amides is 1. The maximum absolute atomic E-state index is 12.1. The van der Waals surface area contributed by atoms with Crippen LogP contribution in [0.4, 0.5) is 5.69 Å². The van der Waals surface area contributed by atoms with Crippen LogP contribution >= 0.6 is 27.3 Å². The van der Waals surface area contributed by atoms with Crippen molar-refractivity contribution in [3.63, 3.8) is 0 Å². The van der Waals surface area contributed by atoms with Crippen molar-refractivity contribution in [1.29, 1.82) is 0 Å². The number of nitrogens with one attached hydrogen (secondary N) is 2. The molecular weight excluding hydrogens is 336 g/mol. The predicted octanol–water partition coefficient (Wildman–Crippen LogP) is 3.83. The van der Waals surface area contributed by atoms with E-state index in [0.29, 0.717) is 12.1 Å². The SMILES string of the molecule is CNc1ccc(C(=O)NCCc2ccc(Br)s2)cc1C. The minimum atomic E-state index is -0.0219. The molecule has 1 aromatic heterocycles. The summed E-state index contributed by atoms with van der Waals surface area (Å²) in [6.45, 7) is 2.64. The third kappa shape index (κ3) is 3.84. The van der Waals surface area contributed by atoms with Gasteiger partial charge in [0.2, 0.25) is 0 Å². The summed E-state index contributed by atoms with van der Waals surface area (Å²) in [6.07, 6.45) is 0.857. The molecule has 106 valence electrons. The van der Waals surface area contributed by atoms with Crippen molar-refractivity contribution >= 4 is 38.9 Å². The van der Waals surface area contributed by atoms with Crippen molar-refractivity contribution in [3.8, 4) is 0 Å². The van der Waals surface area contributed by atoms with Crippen LogP contribution < -0.4 is 10.6 Å². The van der Waals surface area contributed by atoms with Crippen molar-refractivity contribution < 1.29 is 4.79 Å². The second-order valence-electron chi connectivity index (χ2n) is 4.49. The molecule has 0 unspecified atom stereocenters. The zero-order chi connectivity index (χ0) is 14.5. The summed E-state index contributed by atoms with van der Waals surface area (Å²) in [7, 11) is 1.88. The first kappa shape index (κ1) is 15.1. The molecule has 2 aromatic rings. The fourth-order valence-electron chi connectivity index (χ4n) is 1.97. The zero-order valence-corrected chi connectivity index (χ0v) is 13.9. The molecule has 0 bridgehead atoms. The quantitative estimate of drug-likeness (QED) is 0.858. The predicted molar refractivity (Wildman–Crippen MR) is 88.8 cm³/mol. The van der Waals surface area contributed by atoms with Crippen LogP contribution in [0.2, 0.25) is 0 Å². The summed E-state index contributed by atoms with van der Waals surface area (Å²) in [4.78, 5) is 13.3. The van der Waals surface area contributed by atoms with Gasteiger partial charge in [-0.05, 0) is 65.2 Å². The highest BCUT2D eigenvalue weighted by atomic mass is 79.9. The largest absolute Gasteiger partial charge is 0.388 e. The number of thiophene rings is 1. The number of anilines is 1. The molecule has 0 saturated carbocycles. The van der Waals surface area contributed by atoms with E-state index in [-0.39, 0.29) is 5.91 Å². The van der Waals surface area contributed by atoms with E-state index in [1.165, 1.54) is 4.88 Å². The third-order valence-corrected chi connectivity index (χ3v) is 4.73. The van der Waals surface area contributed by atoms with E-state index in [9.17, 15) is 4.79 Å². The summed E-state index contributed by atoms with van der Waals surface area (Å²) in [5, 5.41) is 6.05. The van der Waals surface area contributed by atoms with E-state index in [0.717, 1.165) is 21.5 Å². The Labute approximate surface area is 131 Å². The van der Waals surface area contributed by atoms with Crippen LogP contribution in [0.15, 0.2) is 34.1 Å². The molecule has 0 aliphatic heterocycles. The van der Waals surface area contributed by atoms with Crippen LogP contribution in [-0.4, -0.2) is 19.5 Å². The van der Waals surface area contributed by atoms with Gasteiger partial charge in [-0.15, -0.1) is 11.3 Å². The number of benzene rings is 1. The normalized spacial score (nSPS) is 10.3. The lowest BCUT2D eigenvalue weighted by atomic mass is 10.1. The fraction of sp³-hybridized carbons (Fsp3) is 0.267. The van der Waals surface area contributed by atoms with Crippen molar-refractivity contribution in [2.45, 2.75) is 13.3 Å². The van der Waals surface area contributed by atoms with Gasteiger partial charge in [-0.25, -0.2) is 0 Å². The topological polar surface area (TPSA) is 41.1 Å². The Morgan fingerprint density at radius 2 is 2.10 bits per heavy atom. The Kier molecular flexibility index (Phi) is 5.20. The van der Waals surface area contributed by atoms with Crippen LogP contribution in [0.3, 0.4) is 0 Å². The lowest BCUT2D eigenvalue weighted by molar-refractivity contribution is 0.0954. The smallest absolute Gasteiger partial charge is 0.251 e. The number of aryl methyl sites for hydroxylation is 1. The zero-order valence-electron chi connectivity index (χ0n) is 11.5. The molecule has 2 N–H and O–H groups in total. The van der Waals surface area contributed by atoms with Gasteiger partial charge < -0.3 is 10.6 Å². The van der Waals surface area contributed by atoms with E-state index in [4.69, 9.17) is 0 Å². The lowest BCUT2D eigenvalue weighted by Gasteiger charge is -2.08. The molecule has 0 atom stereocenters. The van der Waals surface area contributed by atoms with Gasteiger partial charge in [0.05, 0.1) is 3.79 Å². The van der Waals surface area contributed by atoms with Crippen molar-refractivity contribution in [3.05, 3.63) is 50.1 Å². The van der Waals surface area contributed by atoms with Crippen molar-refractivity contribution in [2.24, 2.45) is 0 Å². The molecule has 0 saturated heterocycles. The number of rotatable bonds is 5. The van der Waals surface area contributed by atoms with E-state index >= 15 is 0 Å². The molecule has 0 radical (unpaired) electrons. The van der Waals surface area contributed by atoms with Gasteiger partial charge in [-0.3, -0.25) is 4.79 Å². The van der Waals surface area contributed by atoms with Crippen LogP contribution in [0.5, 0.6) is 0 Å². The molecule has 0 fully saturated rings. The molecule has 5 heteroatoms. The number of carbonyl (C=O) groups is 1. The standard InChI is InChI=1S/C15H17BrN2OS/c1-10-9-11(3-5-13(10)17-2)15(19)18-8-7-12-4-6-14(16)20-12/h3-6,9,17H,7-8H2,1-2H3,(H,18,19). The summed E-state index contributed by atoms with van der Waals surface area (Å²) in [5.74, 6) is -0.0219. The summed E-state index contributed by atoms with van der Waals surface area (Å²) in [5.41, 5.74) is 2.82. The highest BCUT2D eigenvalue weighted by Crippen LogP contribution is 2.22. The molecular formula is C15H17BrN2OS. The van der Waals surface area contributed by atoms with E-state index in [2.05, 4.69) is 32.6 Å². The Morgan fingerprint density at radius 1 is 1.30 bits per heavy atom. The van der Waals surface area contributed by atoms with E-state index in [1.807, 2.05) is 38.2 Å². The number of hydrogen-bond donors (Lipinski definition) is 2. The molecule has 1 aromatic carbocycles. The average Bonchev–Trinajstić information content (AvgIpc) is 2.84. The second-order valence-corrected chi connectivity index (χ2v) is 7.04. The van der Waals surface area contributed by atoms with Gasteiger partial charge >= 0.3 is 0 Å². The second kappa shape index (κ2) is 6.90.